The monoisotopic (exact) mass is 475 g/mol. The van der Waals surface area contributed by atoms with Crippen molar-refractivity contribution in [3.63, 3.8) is 0 Å². The number of hydrogen-bond acceptors (Lipinski definition) is 6. The average Bonchev–Trinajstić information content (AvgIpc) is 2.71. The van der Waals surface area contributed by atoms with E-state index in [1.165, 1.54) is 6.07 Å². The molecule has 10 heteroatoms. The van der Waals surface area contributed by atoms with Gasteiger partial charge in [-0.25, -0.2) is 4.98 Å². The Morgan fingerprint density at radius 2 is 1.97 bits per heavy atom. The van der Waals surface area contributed by atoms with Crippen LogP contribution in [0.5, 0.6) is 0 Å². The largest absolute Gasteiger partial charge is 0.324 e. The number of pyridine rings is 1. The van der Waals surface area contributed by atoms with Gasteiger partial charge in [-0.15, -0.1) is 0 Å². The number of amides is 2. The summed E-state index contributed by atoms with van der Waals surface area (Å²) in [5.41, 5.74) is 0.832. The van der Waals surface area contributed by atoms with E-state index in [2.05, 4.69) is 31.5 Å². The van der Waals surface area contributed by atoms with Crippen molar-refractivity contribution in [3.8, 4) is 0 Å². The highest BCUT2D eigenvalue weighted by Crippen LogP contribution is 2.25. The summed E-state index contributed by atoms with van der Waals surface area (Å²) in [6.07, 6.45) is 2.91. The van der Waals surface area contributed by atoms with E-state index in [4.69, 9.17) is 0 Å². The molecule has 2 heterocycles. The maximum atomic E-state index is 12.4. The molecule has 1 saturated heterocycles. The lowest BCUT2D eigenvalue weighted by atomic mass is 9.96. The average molecular weight is 476 g/mol. The molecule has 0 atom stereocenters. The molecule has 1 aliphatic heterocycles. The fraction of sp³-hybridized carbons (Fsp3) is 0.350. The SMILES string of the molecule is Cc1c(NC(=O)CN2CCC(C(=O)Nc3ccc(Br)cn3)CC2)cccc1[N+](=O)[O-]. The first kappa shape index (κ1) is 21.8. The van der Waals surface area contributed by atoms with E-state index in [1.54, 1.807) is 31.3 Å². The minimum Gasteiger partial charge on any atom is -0.324 e. The molecule has 0 unspecified atom stereocenters. The maximum absolute atomic E-state index is 12.4. The molecule has 1 aromatic carbocycles. The number of piperidine rings is 1. The van der Waals surface area contributed by atoms with E-state index in [9.17, 15) is 19.7 Å². The molecule has 1 aromatic heterocycles. The number of nitro benzene ring substituents is 1. The second-order valence-corrected chi connectivity index (χ2v) is 8.07. The number of halogens is 1. The molecule has 158 valence electrons. The van der Waals surface area contributed by atoms with Crippen LogP contribution in [0.25, 0.3) is 0 Å². The number of rotatable bonds is 6. The third kappa shape index (κ3) is 5.61. The van der Waals surface area contributed by atoms with Gasteiger partial charge in [0.15, 0.2) is 0 Å². The van der Waals surface area contributed by atoms with E-state index < -0.39 is 4.92 Å². The van der Waals surface area contributed by atoms with Gasteiger partial charge in [-0.05, 0) is 67.0 Å². The van der Waals surface area contributed by atoms with Gasteiger partial charge in [0.1, 0.15) is 5.82 Å². The van der Waals surface area contributed by atoms with Gasteiger partial charge < -0.3 is 10.6 Å². The minimum absolute atomic E-state index is 0.0279. The Morgan fingerprint density at radius 3 is 2.60 bits per heavy atom. The lowest BCUT2D eigenvalue weighted by molar-refractivity contribution is -0.385. The van der Waals surface area contributed by atoms with E-state index in [-0.39, 0.29) is 30.0 Å². The number of anilines is 2. The Hall–Kier alpha value is -2.85. The molecular weight excluding hydrogens is 454 g/mol. The summed E-state index contributed by atoms with van der Waals surface area (Å²) in [5.74, 6) is 0.0767. The van der Waals surface area contributed by atoms with E-state index in [0.717, 1.165) is 4.47 Å². The summed E-state index contributed by atoms with van der Waals surface area (Å²) in [7, 11) is 0. The topological polar surface area (TPSA) is 117 Å². The van der Waals surface area contributed by atoms with Gasteiger partial charge in [-0.3, -0.25) is 24.6 Å². The van der Waals surface area contributed by atoms with Crippen molar-refractivity contribution in [2.75, 3.05) is 30.3 Å². The number of nitro groups is 1. The third-order valence-electron chi connectivity index (χ3n) is 5.08. The standard InChI is InChI=1S/C20H22BrN5O4/c1-13-16(3-2-4-17(13)26(29)30)23-19(27)12-25-9-7-14(8-10-25)20(28)24-18-6-5-15(21)11-22-18/h2-6,11,14H,7-10,12H2,1H3,(H,23,27)(H,22,24,28). The fourth-order valence-electron chi connectivity index (χ4n) is 3.38. The third-order valence-corrected chi connectivity index (χ3v) is 5.55. The maximum Gasteiger partial charge on any atom is 0.274 e. The van der Waals surface area contributed by atoms with E-state index in [1.807, 2.05) is 11.0 Å². The van der Waals surface area contributed by atoms with Crippen LogP contribution in [0, 0.1) is 23.0 Å². The summed E-state index contributed by atoms with van der Waals surface area (Å²) >= 11 is 3.31. The van der Waals surface area contributed by atoms with E-state index in [0.29, 0.717) is 43.0 Å². The zero-order chi connectivity index (χ0) is 21.7. The molecule has 0 spiro atoms. The molecule has 0 radical (unpaired) electrons. The van der Waals surface area contributed by atoms with Crippen LogP contribution in [-0.2, 0) is 9.59 Å². The van der Waals surface area contributed by atoms with Gasteiger partial charge in [-0.2, -0.15) is 0 Å². The van der Waals surface area contributed by atoms with Gasteiger partial charge in [-0.1, -0.05) is 6.07 Å². The van der Waals surface area contributed by atoms with E-state index >= 15 is 0 Å². The highest BCUT2D eigenvalue weighted by atomic mass is 79.9. The number of likely N-dealkylation sites (tertiary alicyclic amines) is 1. The van der Waals surface area contributed by atoms with Crippen LogP contribution in [0.1, 0.15) is 18.4 Å². The van der Waals surface area contributed by atoms with Crippen molar-refractivity contribution < 1.29 is 14.5 Å². The molecule has 2 aromatic rings. The normalized spacial score (nSPS) is 14.9. The van der Waals surface area contributed by atoms with Crippen molar-refractivity contribution in [3.05, 3.63) is 56.7 Å². The Balaban J connectivity index is 1.48. The quantitative estimate of drug-likeness (QED) is 0.488. The lowest BCUT2D eigenvalue weighted by Gasteiger charge is -2.30. The second-order valence-electron chi connectivity index (χ2n) is 7.16. The van der Waals surface area contributed by atoms with Crippen LogP contribution in [0.15, 0.2) is 41.0 Å². The first-order valence-electron chi connectivity index (χ1n) is 9.52. The van der Waals surface area contributed by atoms with Crippen LogP contribution in [-0.4, -0.2) is 46.3 Å². The number of benzene rings is 1. The predicted molar refractivity (Wildman–Crippen MR) is 116 cm³/mol. The van der Waals surface area contributed by atoms with Crippen molar-refractivity contribution in [2.45, 2.75) is 19.8 Å². The van der Waals surface area contributed by atoms with Crippen LogP contribution < -0.4 is 10.6 Å². The zero-order valence-corrected chi connectivity index (χ0v) is 18.0. The number of nitrogens with one attached hydrogen (secondary N) is 2. The van der Waals surface area contributed by atoms with Crippen LogP contribution in [0.4, 0.5) is 17.2 Å². The van der Waals surface area contributed by atoms with Crippen LogP contribution in [0.3, 0.4) is 0 Å². The molecule has 1 fully saturated rings. The highest BCUT2D eigenvalue weighted by molar-refractivity contribution is 9.10. The fourth-order valence-corrected chi connectivity index (χ4v) is 3.62. The molecular formula is C20H22BrN5O4. The molecule has 0 saturated carbocycles. The first-order valence-corrected chi connectivity index (χ1v) is 10.3. The Labute approximate surface area is 182 Å². The Bertz CT molecular complexity index is 943. The number of aromatic nitrogens is 1. The lowest BCUT2D eigenvalue weighted by Crippen LogP contribution is -2.41. The van der Waals surface area contributed by atoms with Gasteiger partial charge in [0, 0.05) is 22.7 Å². The summed E-state index contributed by atoms with van der Waals surface area (Å²) in [6, 6.07) is 8.15. The van der Waals surface area contributed by atoms with Crippen molar-refractivity contribution >= 4 is 44.9 Å². The van der Waals surface area contributed by atoms with Crippen molar-refractivity contribution in [2.24, 2.45) is 5.92 Å². The molecule has 9 nitrogen and oxygen atoms in total. The summed E-state index contributed by atoms with van der Waals surface area (Å²) in [4.78, 5) is 41.5. The summed E-state index contributed by atoms with van der Waals surface area (Å²) in [6.45, 7) is 3.02. The van der Waals surface area contributed by atoms with Gasteiger partial charge in [0.25, 0.3) is 5.69 Å². The minimum atomic E-state index is -0.468. The molecule has 1 aliphatic rings. The predicted octanol–water partition coefficient (Wildman–Crippen LogP) is 3.35. The number of carbonyl (C=O) groups excluding carboxylic acids is 2. The molecule has 2 N–H and O–H groups in total. The molecule has 2 amide bonds. The van der Waals surface area contributed by atoms with Crippen LogP contribution in [0.2, 0.25) is 0 Å². The molecule has 0 bridgehead atoms. The smallest absolute Gasteiger partial charge is 0.274 e. The molecule has 3 rings (SSSR count). The number of nitrogens with zero attached hydrogens (tertiary/aromatic N) is 3. The van der Waals surface area contributed by atoms with Crippen molar-refractivity contribution in [1.29, 1.82) is 0 Å². The van der Waals surface area contributed by atoms with Crippen LogP contribution >= 0.6 is 15.9 Å². The van der Waals surface area contributed by atoms with Gasteiger partial charge in [0.2, 0.25) is 11.8 Å². The summed E-state index contributed by atoms with van der Waals surface area (Å²) in [5, 5.41) is 16.6. The Morgan fingerprint density at radius 1 is 1.23 bits per heavy atom. The first-order chi connectivity index (χ1) is 14.3. The second kappa shape index (κ2) is 9.77. The molecule has 30 heavy (non-hydrogen) atoms. The van der Waals surface area contributed by atoms with Crippen molar-refractivity contribution in [1.82, 2.24) is 9.88 Å². The van der Waals surface area contributed by atoms with Gasteiger partial charge >= 0.3 is 0 Å². The zero-order valence-electron chi connectivity index (χ0n) is 16.4. The summed E-state index contributed by atoms with van der Waals surface area (Å²) < 4.78 is 0.840. The number of carbonyl (C=O) groups is 2. The highest BCUT2D eigenvalue weighted by Gasteiger charge is 2.26. The number of hydrogen-bond donors (Lipinski definition) is 2. The Kier molecular flexibility index (Phi) is 7.11. The van der Waals surface area contributed by atoms with Gasteiger partial charge in [0.05, 0.1) is 22.7 Å². The molecule has 0 aliphatic carbocycles.